The van der Waals surface area contributed by atoms with Crippen molar-refractivity contribution in [2.75, 3.05) is 0 Å². The number of nitrogens with two attached hydrogens (primary N) is 1. The molecule has 0 bridgehead atoms. The second-order valence-corrected chi connectivity index (χ2v) is 3.42. The first-order valence-electron chi connectivity index (χ1n) is 4.78. The lowest BCUT2D eigenvalue weighted by molar-refractivity contribution is 0.557. The maximum Gasteiger partial charge on any atom is 0.113 e. The summed E-state index contributed by atoms with van der Waals surface area (Å²) in [6, 6.07) is 1.53. The molecule has 14 heavy (non-hydrogen) atoms. The molecule has 1 aromatic heterocycles. The van der Waals surface area contributed by atoms with Crippen molar-refractivity contribution in [2.24, 2.45) is 5.73 Å². The van der Waals surface area contributed by atoms with Crippen LogP contribution in [0.1, 0.15) is 23.9 Å². The van der Waals surface area contributed by atoms with E-state index in [-0.39, 0.29) is 0 Å². The van der Waals surface area contributed by atoms with Gasteiger partial charge in [0.05, 0.1) is 18.3 Å². The Kier molecular flexibility index (Phi) is 3.26. The van der Waals surface area contributed by atoms with Gasteiger partial charge in [-0.15, -0.1) is 0 Å². The molecular weight excluding hydrogens is 176 g/mol. The summed E-state index contributed by atoms with van der Waals surface area (Å²) in [6.07, 6.45) is 0.972. The van der Waals surface area contributed by atoms with E-state index in [4.69, 9.17) is 11.0 Å². The number of aromatic nitrogens is 2. The van der Waals surface area contributed by atoms with Gasteiger partial charge >= 0.3 is 0 Å². The molecule has 0 aliphatic rings. The van der Waals surface area contributed by atoms with Gasteiger partial charge in [0.15, 0.2) is 0 Å². The van der Waals surface area contributed by atoms with E-state index < -0.39 is 6.04 Å². The standard InChI is InChI=1S/C10H16N4/c1-4-10-7(2)13-14(8(10)3)6-9(12)5-11/h9H,4,6,12H2,1-3H3. The van der Waals surface area contributed by atoms with Crippen molar-refractivity contribution >= 4 is 0 Å². The van der Waals surface area contributed by atoms with E-state index in [0.717, 1.165) is 17.8 Å². The van der Waals surface area contributed by atoms with Gasteiger partial charge in [0.2, 0.25) is 0 Å². The van der Waals surface area contributed by atoms with Gasteiger partial charge in [-0.3, -0.25) is 4.68 Å². The maximum atomic E-state index is 8.60. The molecule has 0 saturated heterocycles. The molecule has 1 heterocycles. The molecule has 0 aliphatic heterocycles. The average molecular weight is 192 g/mol. The van der Waals surface area contributed by atoms with Gasteiger partial charge in [0, 0.05) is 5.69 Å². The van der Waals surface area contributed by atoms with Gasteiger partial charge in [-0.25, -0.2) is 0 Å². The quantitative estimate of drug-likeness (QED) is 0.774. The Bertz CT molecular complexity index is 359. The van der Waals surface area contributed by atoms with Crippen LogP contribution in [0.15, 0.2) is 0 Å². The average Bonchev–Trinajstić information content (AvgIpc) is 2.42. The largest absolute Gasteiger partial charge is 0.314 e. The van der Waals surface area contributed by atoms with Crippen LogP contribution in [0.3, 0.4) is 0 Å². The third-order valence-corrected chi connectivity index (χ3v) is 2.42. The van der Waals surface area contributed by atoms with Crippen LogP contribution in [0, 0.1) is 25.2 Å². The zero-order valence-corrected chi connectivity index (χ0v) is 8.91. The smallest absolute Gasteiger partial charge is 0.113 e. The molecule has 76 valence electrons. The van der Waals surface area contributed by atoms with E-state index in [9.17, 15) is 0 Å². The van der Waals surface area contributed by atoms with Crippen molar-refractivity contribution in [3.8, 4) is 6.07 Å². The number of hydrogen-bond acceptors (Lipinski definition) is 3. The summed E-state index contributed by atoms with van der Waals surface area (Å²) >= 11 is 0. The first-order valence-corrected chi connectivity index (χ1v) is 4.78. The van der Waals surface area contributed by atoms with E-state index in [1.54, 1.807) is 0 Å². The van der Waals surface area contributed by atoms with Crippen LogP contribution >= 0.6 is 0 Å². The molecule has 1 unspecified atom stereocenters. The zero-order valence-electron chi connectivity index (χ0n) is 8.91. The summed E-state index contributed by atoms with van der Waals surface area (Å²) in [7, 11) is 0. The van der Waals surface area contributed by atoms with Crippen molar-refractivity contribution in [1.82, 2.24) is 9.78 Å². The third kappa shape index (κ3) is 1.94. The highest BCUT2D eigenvalue weighted by Crippen LogP contribution is 2.13. The van der Waals surface area contributed by atoms with Gasteiger partial charge in [0.1, 0.15) is 6.04 Å². The first-order chi connectivity index (χ1) is 6.60. The molecule has 4 nitrogen and oxygen atoms in total. The minimum absolute atomic E-state index is 0.474. The minimum Gasteiger partial charge on any atom is -0.314 e. The van der Waals surface area contributed by atoms with Gasteiger partial charge < -0.3 is 5.73 Å². The SMILES string of the molecule is CCc1c(C)nn(CC(N)C#N)c1C. The van der Waals surface area contributed by atoms with E-state index in [1.165, 1.54) is 5.56 Å². The molecule has 1 rings (SSSR count). The van der Waals surface area contributed by atoms with Gasteiger partial charge in [-0.1, -0.05) is 6.92 Å². The van der Waals surface area contributed by atoms with Crippen LogP contribution in [0.25, 0.3) is 0 Å². The molecule has 0 aromatic carbocycles. The van der Waals surface area contributed by atoms with E-state index in [2.05, 4.69) is 12.0 Å². The summed E-state index contributed by atoms with van der Waals surface area (Å²) in [4.78, 5) is 0. The molecule has 0 saturated carbocycles. The monoisotopic (exact) mass is 192 g/mol. The van der Waals surface area contributed by atoms with E-state index in [1.807, 2.05) is 24.6 Å². The van der Waals surface area contributed by atoms with Crippen LogP contribution in [0.2, 0.25) is 0 Å². The Hall–Kier alpha value is -1.34. The lowest BCUT2D eigenvalue weighted by atomic mass is 10.1. The number of nitriles is 1. The molecular formula is C10H16N4. The molecule has 1 atom stereocenters. The fourth-order valence-corrected chi connectivity index (χ4v) is 1.65. The Morgan fingerprint density at radius 2 is 2.21 bits per heavy atom. The first kappa shape index (κ1) is 10.7. The Morgan fingerprint density at radius 3 is 2.64 bits per heavy atom. The number of aryl methyl sites for hydroxylation is 1. The zero-order chi connectivity index (χ0) is 10.7. The van der Waals surface area contributed by atoms with Gasteiger partial charge in [0.25, 0.3) is 0 Å². The van der Waals surface area contributed by atoms with Gasteiger partial charge in [-0.05, 0) is 25.8 Å². The predicted octanol–water partition coefficient (Wildman–Crippen LogP) is 0.913. The van der Waals surface area contributed by atoms with Crippen molar-refractivity contribution in [2.45, 2.75) is 39.8 Å². The topological polar surface area (TPSA) is 67.6 Å². The van der Waals surface area contributed by atoms with Crippen molar-refractivity contribution in [1.29, 1.82) is 5.26 Å². The fourth-order valence-electron chi connectivity index (χ4n) is 1.65. The van der Waals surface area contributed by atoms with Crippen LogP contribution in [-0.4, -0.2) is 15.8 Å². The minimum atomic E-state index is -0.474. The second-order valence-electron chi connectivity index (χ2n) is 3.42. The summed E-state index contributed by atoms with van der Waals surface area (Å²) in [5.41, 5.74) is 8.97. The lowest BCUT2D eigenvalue weighted by Crippen LogP contribution is -2.25. The molecule has 0 amide bonds. The second kappa shape index (κ2) is 4.25. The summed E-state index contributed by atoms with van der Waals surface area (Å²) in [5.74, 6) is 0. The molecule has 0 spiro atoms. The highest BCUT2D eigenvalue weighted by atomic mass is 15.3. The van der Waals surface area contributed by atoms with Crippen LogP contribution in [-0.2, 0) is 13.0 Å². The van der Waals surface area contributed by atoms with Crippen LogP contribution < -0.4 is 5.73 Å². The van der Waals surface area contributed by atoms with Crippen molar-refractivity contribution in [3.05, 3.63) is 17.0 Å². The van der Waals surface area contributed by atoms with Crippen LogP contribution in [0.5, 0.6) is 0 Å². The van der Waals surface area contributed by atoms with Crippen LogP contribution in [0.4, 0.5) is 0 Å². The molecule has 4 heteroatoms. The maximum absolute atomic E-state index is 8.60. The summed E-state index contributed by atoms with van der Waals surface area (Å²) in [6.45, 7) is 6.58. The third-order valence-electron chi connectivity index (χ3n) is 2.42. The highest BCUT2D eigenvalue weighted by Gasteiger charge is 2.11. The van der Waals surface area contributed by atoms with Crippen molar-refractivity contribution in [3.63, 3.8) is 0 Å². The molecule has 0 fully saturated rings. The molecule has 0 aliphatic carbocycles. The Balaban J connectivity index is 2.95. The summed E-state index contributed by atoms with van der Waals surface area (Å²) in [5, 5.41) is 13.0. The number of nitrogens with zero attached hydrogens (tertiary/aromatic N) is 3. The molecule has 2 N–H and O–H groups in total. The normalized spacial score (nSPS) is 12.5. The van der Waals surface area contributed by atoms with Crippen molar-refractivity contribution < 1.29 is 0 Å². The molecule has 1 aromatic rings. The fraction of sp³-hybridized carbons (Fsp3) is 0.600. The van der Waals surface area contributed by atoms with Gasteiger partial charge in [-0.2, -0.15) is 10.4 Å². The Morgan fingerprint density at radius 1 is 1.57 bits per heavy atom. The summed E-state index contributed by atoms with van der Waals surface area (Å²) < 4.78 is 1.82. The molecule has 0 radical (unpaired) electrons. The number of rotatable bonds is 3. The van der Waals surface area contributed by atoms with E-state index >= 15 is 0 Å². The predicted molar refractivity (Wildman–Crippen MR) is 54.7 cm³/mol. The Labute approximate surface area is 84.3 Å². The van der Waals surface area contributed by atoms with E-state index in [0.29, 0.717) is 6.54 Å². The highest BCUT2D eigenvalue weighted by molar-refractivity contribution is 5.24. The lowest BCUT2D eigenvalue weighted by Gasteiger charge is -2.05. The number of hydrogen-bond donors (Lipinski definition) is 1.